The van der Waals surface area contributed by atoms with Gasteiger partial charge in [0.05, 0.1) is 0 Å². The van der Waals surface area contributed by atoms with Gasteiger partial charge in [0.25, 0.3) is 0 Å². The van der Waals surface area contributed by atoms with E-state index in [-0.39, 0.29) is 0 Å². The number of rotatable bonds is 8. The lowest BCUT2D eigenvalue weighted by molar-refractivity contribution is 0.623. The van der Waals surface area contributed by atoms with Crippen molar-refractivity contribution in [2.75, 3.05) is 4.90 Å². The minimum Gasteiger partial charge on any atom is -0.435 e. The molecule has 0 saturated heterocycles. The maximum atomic E-state index is 6.60. The van der Waals surface area contributed by atoms with Gasteiger partial charge < -0.3 is 9.32 Å². The van der Waals surface area contributed by atoms with Crippen molar-refractivity contribution in [1.82, 2.24) is 4.98 Å². The summed E-state index contributed by atoms with van der Waals surface area (Å²) >= 11 is 0. The van der Waals surface area contributed by atoms with Crippen molar-refractivity contribution < 1.29 is 4.42 Å². The number of benzene rings is 9. The Balaban J connectivity index is 1.21. The summed E-state index contributed by atoms with van der Waals surface area (Å²) in [6.07, 6.45) is 0. The normalized spacial score (nSPS) is 11.6. The fourth-order valence-electron chi connectivity index (χ4n) is 8.32. The Morgan fingerprint density at radius 2 is 0.891 bits per heavy atom. The molecule has 0 aliphatic carbocycles. The molecule has 0 amide bonds. The lowest BCUT2D eigenvalue weighted by Crippen LogP contribution is -2.74. The Kier molecular flexibility index (Phi) is 8.16. The van der Waals surface area contributed by atoms with E-state index in [1.165, 1.54) is 20.7 Å². The van der Waals surface area contributed by atoms with Crippen LogP contribution >= 0.6 is 0 Å². The van der Waals surface area contributed by atoms with Crippen LogP contribution in [-0.4, -0.2) is 13.1 Å². The number of anilines is 3. The molecule has 10 aromatic rings. The third-order valence-corrected chi connectivity index (χ3v) is 15.6. The van der Waals surface area contributed by atoms with Gasteiger partial charge in [0.1, 0.15) is 5.52 Å². The number of hydrogen-bond acceptors (Lipinski definition) is 3. The number of nitrogens with zero attached hydrogens (tertiary/aromatic N) is 2. The van der Waals surface area contributed by atoms with E-state index in [0.717, 1.165) is 55.3 Å². The molecule has 1 heterocycles. The number of hydrogen-bond donors (Lipinski definition) is 0. The lowest BCUT2D eigenvalue weighted by Gasteiger charge is -2.35. The Labute approximate surface area is 321 Å². The van der Waals surface area contributed by atoms with Gasteiger partial charge in [-0.15, -0.1) is 0 Å². The van der Waals surface area contributed by atoms with Crippen molar-refractivity contribution in [2.24, 2.45) is 0 Å². The van der Waals surface area contributed by atoms with Crippen LogP contribution in [0.1, 0.15) is 0 Å². The summed E-state index contributed by atoms with van der Waals surface area (Å²) < 4.78 is 6.60. The molecular formula is C51H36N2OSi. The molecule has 0 spiro atoms. The summed E-state index contributed by atoms with van der Waals surface area (Å²) in [5, 5.41) is 9.80. The van der Waals surface area contributed by atoms with Crippen LogP contribution in [0.25, 0.3) is 44.1 Å². The first-order valence-electron chi connectivity index (χ1n) is 18.7. The number of fused-ring (bicyclic) bond motifs is 5. The molecule has 0 fully saturated rings. The molecular weight excluding hydrogens is 685 g/mol. The van der Waals surface area contributed by atoms with Crippen LogP contribution in [0, 0.1) is 0 Å². The monoisotopic (exact) mass is 720 g/mol. The molecule has 4 heteroatoms. The molecule has 0 aliphatic rings. The van der Waals surface area contributed by atoms with Gasteiger partial charge in [-0.3, -0.25) is 0 Å². The van der Waals surface area contributed by atoms with E-state index < -0.39 is 8.07 Å². The Bertz CT molecular complexity index is 2820. The molecule has 0 atom stereocenters. The third kappa shape index (κ3) is 5.63. The maximum absolute atomic E-state index is 6.60. The first kappa shape index (κ1) is 32.6. The molecule has 0 aliphatic heterocycles. The van der Waals surface area contributed by atoms with Gasteiger partial charge >= 0.3 is 0 Å². The number of oxazole rings is 1. The van der Waals surface area contributed by atoms with Crippen LogP contribution in [0.15, 0.2) is 223 Å². The van der Waals surface area contributed by atoms with Crippen molar-refractivity contribution in [3.05, 3.63) is 218 Å². The third-order valence-electron chi connectivity index (χ3n) is 10.8. The predicted molar refractivity (Wildman–Crippen MR) is 233 cm³/mol. The second-order valence-electron chi connectivity index (χ2n) is 13.9. The topological polar surface area (TPSA) is 29.3 Å². The summed E-state index contributed by atoms with van der Waals surface area (Å²) in [6, 6.07) is 78.7. The fourth-order valence-corrected chi connectivity index (χ4v) is 13.1. The number of para-hydroxylation sites is 1. The fraction of sp³-hybridized carbons (Fsp3) is 0. The molecule has 9 aromatic carbocycles. The summed E-state index contributed by atoms with van der Waals surface area (Å²) in [5.74, 6) is 0.627. The highest BCUT2D eigenvalue weighted by Gasteiger charge is 2.41. The van der Waals surface area contributed by atoms with E-state index in [1.54, 1.807) is 0 Å². The van der Waals surface area contributed by atoms with Gasteiger partial charge in [-0.05, 0) is 91.5 Å². The first-order valence-corrected chi connectivity index (χ1v) is 20.7. The average molecular weight is 721 g/mol. The zero-order valence-corrected chi connectivity index (χ0v) is 31.1. The quantitative estimate of drug-likeness (QED) is 0.0889. The molecule has 260 valence electrons. The van der Waals surface area contributed by atoms with E-state index in [1.807, 2.05) is 30.3 Å². The van der Waals surface area contributed by atoms with Crippen molar-refractivity contribution >= 4 is 78.5 Å². The molecule has 3 nitrogen and oxygen atoms in total. The van der Waals surface area contributed by atoms with E-state index in [2.05, 4.69) is 193 Å². The average Bonchev–Trinajstić information content (AvgIpc) is 3.71. The van der Waals surface area contributed by atoms with Gasteiger partial charge in [-0.25, -0.2) is 4.98 Å². The van der Waals surface area contributed by atoms with Gasteiger partial charge in [-0.1, -0.05) is 164 Å². The molecule has 0 saturated carbocycles. The largest absolute Gasteiger partial charge is 0.435 e. The highest BCUT2D eigenvalue weighted by atomic mass is 28.3. The standard InChI is InChI=1S/C51H36N2OSi/c1-6-17-39(18-7-1)51-52-48-34-32-38-30-29-37-31-33-42(36-47(37)49(38)50(48)54-51)53(40-19-8-2-9-20-40)41-21-16-28-46(35-41)55(43-22-10-3-11-23-43,44-24-12-4-13-25-44)45-26-14-5-15-27-45/h1-36H. The van der Waals surface area contributed by atoms with Gasteiger partial charge in [0, 0.05) is 28.0 Å². The van der Waals surface area contributed by atoms with Crippen LogP contribution in [0.5, 0.6) is 0 Å². The Hall–Kier alpha value is -7.01. The maximum Gasteiger partial charge on any atom is 0.227 e. The summed E-state index contributed by atoms with van der Waals surface area (Å²) in [7, 11) is -2.76. The molecule has 0 unspecified atom stereocenters. The van der Waals surface area contributed by atoms with Crippen molar-refractivity contribution in [3.63, 3.8) is 0 Å². The highest BCUT2D eigenvalue weighted by Crippen LogP contribution is 2.40. The molecule has 10 rings (SSSR count). The SMILES string of the molecule is c1ccc(-c2nc3ccc4ccc5ccc(N(c6ccccc6)c6cccc([Si](c7ccccc7)(c7ccccc7)c7ccccc7)c6)cc5c4c3o2)cc1. The van der Waals surface area contributed by atoms with Gasteiger partial charge in [0.2, 0.25) is 5.89 Å². The van der Waals surface area contributed by atoms with Crippen LogP contribution in [0.2, 0.25) is 0 Å². The zero-order chi connectivity index (χ0) is 36.6. The van der Waals surface area contributed by atoms with E-state index in [0.29, 0.717) is 5.89 Å². The molecule has 0 radical (unpaired) electrons. The summed E-state index contributed by atoms with van der Waals surface area (Å²) in [5.41, 5.74) is 5.86. The van der Waals surface area contributed by atoms with Gasteiger partial charge in [0.15, 0.2) is 13.7 Å². The zero-order valence-electron chi connectivity index (χ0n) is 30.1. The van der Waals surface area contributed by atoms with Gasteiger partial charge in [-0.2, -0.15) is 0 Å². The van der Waals surface area contributed by atoms with E-state index in [4.69, 9.17) is 9.40 Å². The predicted octanol–water partition coefficient (Wildman–Crippen LogP) is 10.6. The minimum atomic E-state index is -2.76. The van der Waals surface area contributed by atoms with Crippen LogP contribution < -0.4 is 25.6 Å². The highest BCUT2D eigenvalue weighted by molar-refractivity contribution is 7.19. The van der Waals surface area contributed by atoms with Crippen molar-refractivity contribution in [2.45, 2.75) is 0 Å². The summed E-state index contributed by atoms with van der Waals surface area (Å²) in [6.45, 7) is 0. The Morgan fingerprint density at radius 3 is 1.53 bits per heavy atom. The second-order valence-corrected chi connectivity index (χ2v) is 17.7. The number of aromatic nitrogens is 1. The molecule has 55 heavy (non-hydrogen) atoms. The van der Waals surface area contributed by atoms with E-state index >= 15 is 0 Å². The smallest absolute Gasteiger partial charge is 0.227 e. The summed E-state index contributed by atoms with van der Waals surface area (Å²) in [4.78, 5) is 7.31. The lowest BCUT2D eigenvalue weighted by atomic mass is 10.00. The van der Waals surface area contributed by atoms with E-state index in [9.17, 15) is 0 Å². The van der Waals surface area contributed by atoms with Crippen LogP contribution in [0.3, 0.4) is 0 Å². The molecule has 1 aromatic heterocycles. The minimum absolute atomic E-state index is 0.627. The van der Waals surface area contributed by atoms with Crippen molar-refractivity contribution in [3.8, 4) is 11.5 Å². The van der Waals surface area contributed by atoms with Crippen LogP contribution in [-0.2, 0) is 0 Å². The van der Waals surface area contributed by atoms with Crippen LogP contribution in [0.4, 0.5) is 17.1 Å². The van der Waals surface area contributed by atoms with Crippen molar-refractivity contribution in [1.29, 1.82) is 0 Å². The second kappa shape index (κ2) is 13.8. The Morgan fingerprint density at radius 1 is 0.400 bits per heavy atom. The first-order chi connectivity index (χ1) is 27.3. The molecule has 0 N–H and O–H groups in total. The molecule has 0 bridgehead atoms.